The van der Waals surface area contributed by atoms with Crippen molar-refractivity contribution in [2.45, 2.75) is 58.3 Å². The molecule has 2 fully saturated rings. The highest BCUT2D eigenvalue weighted by Gasteiger charge is 2.58. The van der Waals surface area contributed by atoms with E-state index < -0.39 is 17.6 Å². The van der Waals surface area contributed by atoms with Crippen molar-refractivity contribution >= 4 is 5.97 Å². The van der Waals surface area contributed by atoms with Crippen LogP contribution >= 0.6 is 0 Å². The minimum Gasteiger partial charge on any atom is -0.457 e. The molecule has 0 aromatic carbocycles. The smallest absolute Gasteiger partial charge is 0.309 e. The van der Waals surface area contributed by atoms with E-state index in [1.807, 2.05) is 13.8 Å². The molecule has 0 aromatic heterocycles. The fourth-order valence-electron chi connectivity index (χ4n) is 4.37. The first-order chi connectivity index (χ1) is 8.86. The Balaban J connectivity index is 2.10. The molecule has 0 aromatic rings. The van der Waals surface area contributed by atoms with Gasteiger partial charge in [-0.05, 0) is 31.8 Å². The summed E-state index contributed by atoms with van der Waals surface area (Å²) in [4.78, 5) is 11.8. The minimum atomic E-state index is -0.583. The Morgan fingerprint density at radius 2 is 2.05 bits per heavy atom. The zero-order valence-corrected chi connectivity index (χ0v) is 11.7. The standard InChI is InChI=1S/C15H22O4/c1-7-4-5-10(17)15(3)6-9(16)11-8(2)14(18)19-13(11)12(7)15/h8-11,13,16-17H,4-6H2,1-3H3. The summed E-state index contributed by atoms with van der Waals surface area (Å²) in [6.07, 6.45) is 0.697. The Kier molecular flexibility index (Phi) is 2.81. The van der Waals surface area contributed by atoms with Crippen LogP contribution in [0.5, 0.6) is 0 Å². The highest BCUT2D eigenvalue weighted by atomic mass is 16.6. The van der Waals surface area contributed by atoms with Gasteiger partial charge in [-0.1, -0.05) is 19.4 Å². The van der Waals surface area contributed by atoms with Crippen LogP contribution in [-0.4, -0.2) is 34.5 Å². The molecule has 1 saturated carbocycles. The number of ether oxygens (including phenoxy) is 1. The van der Waals surface area contributed by atoms with Gasteiger partial charge in [0.2, 0.25) is 0 Å². The molecule has 4 heteroatoms. The second kappa shape index (κ2) is 4.06. The highest BCUT2D eigenvalue weighted by Crippen LogP contribution is 2.55. The molecule has 0 amide bonds. The molecule has 2 N–H and O–H groups in total. The van der Waals surface area contributed by atoms with Crippen molar-refractivity contribution in [2.75, 3.05) is 0 Å². The van der Waals surface area contributed by atoms with Gasteiger partial charge < -0.3 is 14.9 Å². The molecule has 1 heterocycles. The van der Waals surface area contributed by atoms with E-state index in [4.69, 9.17) is 4.74 Å². The predicted octanol–water partition coefficient (Wildman–Crippen LogP) is 1.41. The highest BCUT2D eigenvalue weighted by molar-refractivity contribution is 5.76. The van der Waals surface area contributed by atoms with Gasteiger partial charge in [-0.3, -0.25) is 4.79 Å². The molecular formula is C15H22O4. The monoisotopic (exact) mass is 266 g/mol. The molecule has 2 aliphatic carbocycles. The van der Waals surface area contributed by atoms with Gasteiger partial charge in [-0.25, -0.2) is 0 Å². The molecule has 6 unspecified atom stereocenters. The Hall–Kier alpha value is -0.870. The molecule has 0 spiro atoms. The summed E-state index contributed by atoms with van der Waals surface area (Å²) in [6.45, 7) is 5.88. The van der Waals surface area contributed by atoms with E-state index in [2.05, 4.69) is 6.92 Å². The third-order valence-electron chi connectivity index (χ3n) is 5.51. The lowest BCUT2D eigenvalue weighted by Crippen LogP contribution is -2.52. The van der Waals surface area contributed by atoms with Gasteiger partial charge in [0.1, 0.15) is 6.10 Å². The Labute approximate surface area is 113 Å². The van der Waals surface area contributed by atoms with E-state index in [1.54, 1.807) is 0 Å². The lowest BCUT2D eigenvalue weighted by Gasteiger charge is -2.50. The molecule has 3 aliphatic rings. The maximum Gasteiger partial charge on any atom is 0.309 e. The molecule has 1 aliphatic heterocycles. The lowest BCUT2D eigenvalue weighted by molar-refractivity contribution is -0.144. The lowest BCUT2D eigenvalue weighted by atomic mass is 9.57. The first-order valence-electron chi connectivity index (χ1n) is 7.13. The maximum atomic E-state index is 11.8. The van der Waals surface area contributed by atoms with Crippen molar-refractivity contribution in [3.63, 3.8) is 0 Å². The summed E-state index contributed by atoms with van der Waals surface area (Å²) in [5, 5.41) is 20.8. The molecule has 3 rings (SSSR count). The van der Waals surface area contributed by atoms with E-state index in [-0.39, 0.29) is 23.9 Å². The Bertz CT molecular complexity index is 455. The van der Waals surface area contributed by atoms with E-state index in [1.165, 1.54) is 5.57 Å². The van der Waals surface area contributed by atoms with E-state index >= 15 is 0 Å². The van der Waals surface area contributed by atoms with Gasteiger partial charge in [0, 0.05) is 11.3 Å². The van der Waals surface area contributed by atoms with E-state index in [9.17, 15) is 15.0 Å². The molecule has 106 valence electrons. The average molecular weight is 266 g/mol. The normalized spacial score (nSPS) is 49.7. The van der Waals surface area contributed by atoms with Gasteiger partial charge in [-0.2, -0.15) is 0 Å². The van der Waals surface area contributed by atoms with Gasteiger partial charge in [0.25, 0.3) is 0 Å². The number of hydrogen-bond donors (Lipinski definition) is 2. The maximum absolute atomic E-state index is 11.8. The van der Waals surface area contributed by atoms with Crippen LogP contribution < -0.4 is 0 Å². The first-order valence-corrected chi connectivity index (χ1v) is 7.13. The van der Waals surface area contributed by atoms with Crippen molar-refractivity contribution in [1.82, 2.24) is 0 Å². The van der Waals surface area contributed by atoms with Gasteiger partial charge in [0.05, 0.1) is 18.1 Å². The summed E-state index contributed by atoms with van der Waals surface area (Å²) < 4.78 is 5.53. The SMILES string of the molecule is CC1=C2C3OC(=O)C(C)C3C(O)CC2(C)C(O)CC1. The zero-order chi connectivity index (χ0) is 13.9. The molecule has 0 radical (unpaired) electrons. The molecule has 1 saturated heterocycles. The number of carbonyl (C=O) groups excluding carboxylic acids is 1. The van der Waals surface area contributed by atoms with Crippen molar-refractivity contribution < 1.29 is 19.7 Å². The van der Waals surface area contributed by atoms with Crippen molar-refractivity contribution in [2.24, 2.45) is 17.3 Å². The number of rotatable bonds is 0. The van der Waals surface area contributed by atoms with Crippen molar-refractivity contribution in [3.05, 3.63) is 11.1 Å². The topological polar surface area (TPSA) is 66.8 Å². The zero-order valence-electron chi connectivity index (χ0n) is 11.7. The Morgan fingerprint density at radius 1 is 1.37 bits per heavy atom. The number of allylic oxidation sites excluding steroid dienone is 1. The Morgan fingerprint density at radius 3 is 2.74 bits per heavy atom. The molecule has 6 atom stereocenters. The number of aliphatic hydroxyl groups is 2. The van der Waals surface area contributed by atoms with Crippen molar-refractivity contribution in [3.8, 4) is 0 Å². The number of hydrogen-bond acceptors (Lipinski definition) is 4. The molecule has 4 nitrogen and oxygen atoms in total. The minimum absolute atomic E-state index is 0.157. The first kappa shape index (κ1) is 13.1. The van der Waals surface area contributed by atoms with Crippen LogP contribution in [0.15, 0.2) is 11.1 Å². The van der Waals surface area contributed by atoms with Crippen LogP contribution in [0.25, 0.3) is 0 Å². The van der Waals surface area contributed by atoms with Crippen LogP contribution in [0.1, 0.15) is 40.0 Å². The third kappa shape index (κ3) is 1.62. The second-order valence-corrected chi connectivity index (χ2v) is 6.66. The van der Waals surface area contributed by atoms with Gasteiger partial charge in [0.15, 0.2) is 0 Å². The quantitative estimate of drug-likeness (QED) is 0.514. The number of aliphatic hydroxyl groups excluding tert-OH is 2. The largest absolute Gasteiger partial charge is 0.457 e. The molecule has 19 heavy (non-hydrogen) atoms. The van der Waals surface area contributed by atoms with Crippen LogP contribution in [0.2, 0.25) is 0 Å². The third-order valence-corrected chi connectivity index (χ3v) is 5.51. The van der Waals surface area contributed by atoms with Crippen molar-refractivity contribution in [1.29, 1.82) is 0 Å². The van der Waals surface area contributed by atoms with Crippen LogP contribution in [-0.2, 0) is 9.53 Å². The molecular weight excluding hydrogens is 244 g/mol. The summed E-state index contributed by atoms with van der Waals surface area (Å²) in [7, 11) is 0. The van der Waals surface area contributed by atoms with E-state index in [0.717, 1.165) is 18.4 Å². The van der Waals surface area contributed by atoms with Gasteiger partial charge in [-0.15, -0.1) is 0 Å². The summed E-state index contributed by atoms with van der Waals surface area (Å²) >= 11 is 0. The second-order valence-electron chi connectivity index (χ2n) is 6.66. The fourth-order valence-corrected chi connectivity index (χ4v) is 4.37. The number of esters is 1. The summed E-state index contributed by atoms with van der Waals surface area (Å²) in [5.74, 6) is -0.640. The number of fused-ring (bicyclic) bond motifs is 3. The van der Waals surface area contributed by atoms with E-state index in [0.29, 0.717) is 6.42 Å². The average Bonchev–Trinajstić information content (AvgIpc) is 2.61. The van der Waals surface area contributed by atoms with Crippen LogP contribution in [0, 0.1) is 17.3 Å². The summed E-state index contributed by atoms with van der Waals surface area (Å²) in [5.41, 5.74) is 1.84. The fraction of sp³-hybridized carbons (Fsp3) is 0.800. The summed E-state index contributed by atoms with van der Waals surface area (Å²) in [6, 6.07) is 0. The van der Waals surface area contributed by atoms with Crippen LogP contribution in [0.4, 0.5) is 0 Å². The number of carbonyl (C=O) groups is 1. The molecule has 0 bridgehead atoms. The predicted molar refractivity (Wildman–Crippen MR) is 69.2 cm³/mol. The van der Waals surface area contributed by atoms with Gasteiger partial charge >= 0.3 is 5.97 Å². The van der Waals surface area contributed by atoms with Crippen LogP contribution in [0.3, 0.4) is 0 Å².